The first-order valence-electron chi connectivity index (χ1n) is 5.24. The van der Waals surface area contributed by atoms with Gasteiger partial charge in [0, 0.05) is 32.9 Å². The minimum absolute atomic E-state index is 0.0247. The van der Waals surface area contributed by atoms with Gasteiger partial charge in [0.05, 0.1) is 6.42 Å². The quantitative estimate of drug-likeness (QED) is 0.680. The number of hydrogen-bond acceptors (Lipinski definition) is 5. The molecule has 1 aliphatic heterocycles. The molecular formula is C10H13N3O3. The molecular weight excluding hydrogens is 210 g/mol. The van der Waals surface area contributed by atoms with Crippen molar-refractivity contribution in [2.45, 2.75) is 26.2 Å². The van der Waals surface area contributed by atoms with Gasteiger partial charge in [0.2, 0.25) is 11.8 Å². The molecule has 0 radical (unpaired) electrons. The number of carbonyl (C=O) groups is 2. The smallest absolute Gasteiger partial charge is 0.230 e. The van der Waals surface area contributed by atoms with Gasteiger partial charge in [-0.3, -0.25) is 9.59 Å². The molecule has 0 saturated carbocycles. The molecule has 0 N–H and O–H groups in total. The second kappa shape index (κ2) is 4.42. The topological polar surface area (TPSA) is 76.3 Å². The lowest BCUT2D eigenvalue weighted by Crippen LogP contribution is -2.40. The Labute approximate surface area is 92.6 Å². The van der Waals surface area contributed by atoms with Gasteiger partial charge in [-0.2, -0.15) is 4.98 Å². The first kappa shape index (κ1) is 10.8. The summed E-state index contributed by atoms with van der Waals surface area (Å²) >= 11 is 0. The average molecular weight is 223 g/mol. The van der Waals surface area contributed by atoms with Gasteiger partial charge in [-0.05, 0) is 0 Å². The Morgan fingerprint density at radius 1 is 1.44 bits per heavy atom. The van der Waals surface area contributed by atoms with E-state index in [-0.39, 0.29) is 18.1 Å². The number of likely N-dealkylation sites (tertiary alicyclic amines) is 1. The molecule has 1 fully saturated rings. The number of nitrogens with zero attached hydrogens (tertiary/aromatic N) is 3. The first-order chi connectivity index (χ1) is 7.65. The van der Waals surface area contributed by atoms with Crippen LogP contribution in [0.25, 0.3) is 0 Å². The number of aryl methyl sites for hydroxylation is 1. The van der Waals surface area contributed by atoms with E-state index in [1.165, 1.54) is 0 Å². The van der Waals surface area contributed by atoms with Gasteiger partial charge in [-0.1, -0.05) is 5.16 Å². The number of ketones is 1. The third kappa shape index (κ3) is 2.44. The summed E-state index contributed by atoms with van der Waals surface area (Å²) in [5.41, 5.74) is 0. The molecule has 0 aliphatic carbocycles. The fourth-order valence-corrected chi connectivity index (χ4v) is 1.67. The monoisotopic (exact) mass is 223 g/mol. The number of carbonyl (C=O) groups excluding carboxylic acids is 2. The van der Waals surface area contributed by atoms with E-state index in [0.29, 0.717) is 37.6 Å². The molecule has 1 aliphatic rings. The molecule has 0 aromatic carbocycles. The van der Waals surface area contributed by atoms with E-state index in [2.05, 4.69) is 10.1 Å². The number of hydrogen-bond donors (Lipinski definition) is 0. The maximum absolute atomic E-state index is 11.5. The maximum atomic E-state index is 11.5. The Hall–Kier alpha value is -1.72. The van der Waals surface area contributed by atoms with E-state index < -0.39 is 0 Å². The third-order valence-electron chi connectivity index (χ3n) is 2.54. The van der Waals surface area contributed by atoms with Crippen LogP contribution in [0.3, 0.4) is 0 Å². The van der Waals surface area contributed by atoms with Crippen LogP contribution in [0, 0.1) is 6.92 Å². The number of amides is 1. The molecule has 1 aromatic heterocycles. The predicted molar refractivity (Wildman–Crippen MR) is 53.6 cm³/mol. The van der Waals surface area contributed by atoms with Crippen LogP contribution in [0.2, 0.25) is 0 Å². The van der Waals surface area contributed by atoms with Crippen LogP contribution in [0.15, 0.2) is 4.52 Å². The minimum Gasteiger partial charge on any atom is -0.341 e. The highest BCUT2D eigenvalue weighted by Gasteiger charge is 2.23. The number of Topliss-reactive ketones (excluding diaryl/α,β-unsaturated/α-hetero) is 1. The van der Waals surface area contributed by atoms with Crippen LogP contribution < -0.4 is 0 Å². The lowest BCUT2D eigenvalue weighted by Gasteiger charge is -2.25. The molecule has 1 saturated heterocycles. The van der Waals surface area contributed by atoms with E-state index in [9.17, 15) is 9.59 Å². The molecule has 6 nitrogen and oxygen atoms in total. The SMILES string of the molecule is Cc1nc(CCN2CCC(=O)CC2=O)no1. The zero-order chi connectivity index (χ0) is 11.5. The van der Waals surface area contributed by atoms with Gasteiger partial charge >= 0.3 is 0 Å². The van der Waals surface area contributed by atoms with Gasteiger partial charge in [-0.25, -0.2) is 0 Å². The van der Waals surface area contributed by atoms with Gasteiger partial charge in [0.15, 0.2) is 5.82 Å². The average Bonchev–Trinajstić information content (AvgIpc) is 2.63. The van der Waals surface area contributed by atoms with Crippen molar-refractivity contribution >= 4 is 11.7 Å². The van der Waals surface area contributed by atoms with Crippen LogP contribution in [-0.4, -0.2) is 39.8 Å². The van der Waals surface area contributed by atoms with Gasteiger partial charge in [0.1, 0.15) is 5.78 Å². The second-order valence-corrected chi connectivity index (χ2v) is 3.83. The second-order valence-electron chi connectivity index (χ2n) is 3.83. The molecule has 1 aromatic rings. The van der Waals surface area contributed by atoms with Crippen molar-refractivity contribution < 1.29 is 14.1 Å². The number of piperidine rings is 1. The van der Waals surface area contributed by atoms with Crippen molar-refractivity contribution in [3.63, 3.8) is 0 Å². The molecule has 86 valence electrons. The molecule has 0 spiro atoms. The van der Waals surface area contributed by atoms with Gasteiger partial charge < -0.3 is 9.42 Å². The summed E-state index contributed by atoms with van der Waals surface area (Å²) in [6.07, 6.45) is 1.06. The van der Waals surface area contributed by atoms with Gasteiger partial charge in [0.25, 0.3) is 0 Å². The Bertz CT molecular complexity index is 413. The van der Waals surface area contributed by atoms with Crippen LogP contribution in [0.1, 0.15) is 24.6 Å². The summed E-state index contributed by atoms with van der Waals surface area (Å²) in [5.74, 6) is 1.05. The summed E-state index contributed by atoms with van der Waals surface area (Å²) in [7, 11) is 0. The van der Waals surface area contributed by atoms with Crippen molar-refractivity contribution in [1.82, 2.24) is 15.0 Å². The fraction of sp³-hybridized carbons (Fsp3) is 0.600. The molecule has 16 heavy (non-hydrogen) atoms. The highest BCUT2D eigenvalue weighted by Crippen LogP contribution is 2.08. The molecule has 2 rings (SSSR count). The van der Waals surface area contributed by atoms with Crippen LogP contribution >= 0.6 is 0 Å². The summed E-state index contributed by atoms with van der Waals surface area (Å²) in [5, 5.41) is 3.75. The van der Waals surface area contributed by atoms with Crippen LogP contribution in [-0.2, 0) is 16.0 Å². The van der Waals surface area contributed by atoms with Crippen molar-refractivity contribution in [3.8, 4) is 0 Å². The van der Waals surface area contributed by atoms with Crippen molar-refractivity contribution in [2.24, 2.45) is 0 Å². The molecule has 0 atom stereocenters. The van der Waals surface area contributed by atoms with E-state index in [4.69, 9.17) is 4.52 Å². The van der Waals surface area contributed by atoms with Gasteiger partial charge in [-0.15, -0.1) is 0 Å². The Balaban J connectivity index is 1.86. The fourth-order valence-electron chi connectivity index (χ4n) is 1.67. The van der Waals surface area contributed by atoms with E-state index in [0.717, 1.165) is 0 Å². The third-order valence-corrected chi connectivity index (χ3v) is 2.54. The normalized spacial score (nSPS) is 16.9. The molecule has 0 unspecified atom stereocenters. The zero-order valence-corrected chi connectivity index (χ0v) is 9.10. The summed E-state index contributed by atoms with van der Waals surface area (Å²) < 4.78 is 4.83. The largest absolute Gasteiger partial charge is 0.341 e. The Morgan fingerprint density at radius 2 is 2.25 bits per heavy atom. The van der Waals surface area contributed by atoms with E-state index >= 15 is 0 Å². The first-order valence-corrected chi connectivity index (χ1v) is 5.24. The highest BCUT2D eigenvalue weighted by atomic mass is 16.5. The summed E-state index contributed by atoms with van der Waals surface area (Å²) in [6, 6.07) is 0. The Morgan fingerprint density at radius 3 is 2.88 bits per heavy atom. The molecule has 1 amide bonds. The van der Waals surface area contributed by atoms with Crippen molar-refractivity contribution in [2.75, 3.05) is 13.1 Å². The van der Waals surface area contributed by atoms with Crippen LogP contribution in [0.5, 0.6) is 0 Å². The number of aromatic nitrogens is 2. The zero-order valence-electron chi connectivity index (χ0n) is 9.10. The lowest BCUT2D eigenvalue weighted by molar-refractivity contribution is -0.139. The Kier molecular flexibility index (Phi) is 2.98. The maximum Gasteiger partial charge on any atom is 0.230 e. The standard InChI is InChI=1S/C10H13N3O3/c1-7-11-9(12-16-7)3-5-13-4-2-8(14)6-10(13)15/h2-6H2,1H3. The summed E-state index contributed by atoms with van der Waals surface area (Å²) in [6.45, 7) is 2.78. The molecule has 0 bridgehead atoms. The lowest BCUT2D eigenvalue weighted by atomic mass is 10.1. The predicted octanol–water partition coefficient (Wildman–Crippen LogP) is 0.112. The summed E-state index contributed by atoms with van der Waals surface area (Å²) in [4.78, 5) is 28.2. The van der Waals surface area contributed by atoms with Crippen LogP contribution in [0.4, 0.5) is 0 Å². The van der Waals surface area contributed by atoms with E-state index in [1.807, 2.05) is 0 Å². The molecule has 6 heteroatoms. The molecule has 2 heterocycles. The highest BCUT2D eigenvalue weighted by molar-refractivity contribution is 6.00. The van der Waals surface area contributed by atoms with Crippen molar-refractivity contribution in [1.29, 1.82) is 0 Å². The number of rotatable bonds is 3. The van der Waals surface area contributed by atoms with Crippen molar-refractivity contribution in [3.05, 3.63) is 11.7 Å². The minimum atomic E-state index is -0.100. The van der Waals surface area contributed by atoms with E-state index in [1.54, 1.807) is 11.8 Å².